The smallest absolute Gasteiger partial charge is 0.0867 e. The molecule has 1 aliphatic rings. The van der Waals surface area contributed by atoms with Crippen molar-refractivity contribution in [2.45, 2.75) is 25.4 Å². The zero-order valence-corrected chi connectivity index (χ0v) is 9.91. The fourth-order valence-corrected chi connectivity index (χ4v) is 2.21. The van der Waals surface area contributed by atoms with Gasteiger partial charge in [-0.05, 0) is 32.2 Å². The zero-order chi connectivity index (χ0) is 11.3. The number of rotatable bonds is 5. The summed E-state index contributed by atoms with van der Waals surface area (Å²) in [7, 11) is 1.75. The van der Waals surface area contributed by atoms with Gasteiger partial charge < -0.3 is 20.5 Å². The third-order valence-electron chi connectivity index (χ3n) is 3.01. The fourth-order valence-electron chi connectivity index (χ4n) is 2.21. The van der Waals surface area contributed by atoms with Gasteiger partial charge in [-0.3, -0.25) is 0 Å². The number of aliphatic hydroxyl groups is 1. The highest BCUT2D eigenvalue weighted by molar-refractivity contribution is 4.82. The molecule has 0 aromatic carbocycles. The van der Waals surface area contributed by atoms with E-state index in [2.05, 4.69) is 4.90 Å². The average Bonchev–Trinajstić information content (AvgIpc) is 2.18. The highest BCUT2D eigenvalue weighted by atomic mass is 16.5. The van der Waals surface area contributed by atoms with Crippen molar-refractivity contribution in [2.24, 2.45) is 11.7 Å². The molecule has 0 aromatic rings. The van der Waals surface area contributed by atoms with E-state index >= 15 is 0 Å². The summed E-state index contributed by atoms with van der Waals surface area (Å²) < 4.78 is 5.17. The molecular formula is C11H24N2O2. The van der Waals surface area contributed by atoms with Gasteiger partial charge in [0, 0.05) is 26.7 Å². The van der Waals surface area contributed by atoms with Crippen LogP contribution in [0.1, 0.15) is 19.8 Å². The Kier molecular flexibility index (Phi) is 4.99. The minimum Gasteiger partial charge on any atom is -0.388 e. The van der Waals surface area contributed by atoms with E-state index in [0.29, 0.717) is 19.0 Å². The summed E-state index contributed by atoms with van der Waals surface area (Å²) in [5.41, 5.74) is 4.76. The molecule has 1 heterocycles. The molecule has 0 amide bonds. The van der Waals surface area contributed by atoms with Gasteiger partial charge in [-0.1, -0.05) is 0 Å². The first-order valence-corrected chi connectivity index (χ1v) is 5.71. The molecule has 0 bridgehead atoms. The molecule has 1 fully saturated rings. The third-order valence-corrected chi connectivity index (χ3v) is 3.01. The number of hydrogen-bond donors (Lipinski definition) is 2. The molecule has 1 saturated heterocycles. The second kappa shape index (κ2) is 5.80. The Morgan fingerprint density at radius 3 is 2.93 bits per heavy atom. The number of likely N-dealkylation sites (tertiary alicyclic amines) is 1. The summed E-state index contributed by atoms with van der Waals surface area (Å²) >= 11 is 0. The van der Waals surface area contributed by atoms with Gasteiger partial charge in [0.2, 0.25) is 0 Å². The summed E-state index contributed by atoms with van der Waals surface area (Å²) in [5, 5.41) is 9.89. The standard InChI is InChI=1S/C11H24N2O2/c1-11(14,8-12)9-13-5-3-4-10(6-13)7-15-2/h10,14H,3-9,12H2,1-2H3. The van der Waals surface area contributed by atoms with Crippen LogP contribution in [0.2, 0.25) is 0 Å². The van der Waals surface area contributed by atoms with Crippen LogP contribution >= 0.6 is 0 Å². The van der Waals surface area contributed by atoms with E-state index in [-0.39, 0.29) is 0 Å². The Hall–Kier alpha value is -0.160. The van der Waals surface area contributed by atoms with E-state index in [1.54, 1.807) is 14.0 Å². The second-order valence-electron chi connectivity index (χ2n) is 4.90. The van der Waals surface area contributed by atoms with E-state index in [0.717, 1.165) is 19.7 Å². The Labute approximate surface area is 92.4 Å². The van der Waals surface area contributed by atoms with Gasteiger partial charge in [-0.25, -0.2) is 0 Å². The molecule has 1 rings (SSSR count). The SMILES string of the molecule is COCC1CCCN(CC(C)(O)CN)C1. The minimum atomic E-state index is -0.755. The first-order valence-electron chi connectivity index (χ1n) is 5.71. The van der Waals surface area contributed by atoms with Crippen LogP contribution in [-0.4, -0.2) is 55.5 Å². The fraction of sp³-hybridized carbons (Fsp3) is 1.00. The molecule has 1 aliphatic heterocycles. The van der Waals surface area contributed by atoms with Crippen molar-refractivity contribution >= 4 is 0 Å². The van der Waals surface area contributed by atoms with Crippen molar-refractivity contribution in [2.75, 3.05) is 39.9 Å². The first-order chi connectivity index (χ1) is 7.07. The van der Waals surface area contributed by atoms with Crippen LogP contribution in [0.4, 0.5) is 0 Å². The summed E-state index contributed by atoms with van der Waals surface area (Å²) in [5.74, 6) is 0.609. The lowest BCUT2D eigenvalue weighted by Gasteiger charge is -2.36. The molecule has 3 N–H and O–H groups in total. The normalized spacial score (nSPS) is 27.6. The molecular weight excluding hydrogens is 192 g/mol. The lowest BCUT2D eigenvalue weighted by molar-refractivity contribution is 0.00521. The number of ether oxygens (including phenoxy) is 1. The number of piperidine rings is 1. The van der Waals surface area contributed by atoms with E-state index < -0.39 is 5.60 Å². The minimum absolute atomic E-state index is 0.318. The summed E-state index contributed by atoms with van der Waals surface area (Å²) in [6.07, 6.45) is 2.42. The number of hydrogen-bond acceptors (Lipinski definition) is 4. The maximum absolute atomic E-state index is 9.89. The molecule has 0 aromatic heterocycles. The highest BCUT2D eigenvalue weighted by Gasteiger charge is 2.26. The Morgan fingerprint density at radius 1 is 1.60 bits per heavy atom. The van der Waals surface area contributed by atoms with Gasteiger partial charge in [-0.15, -0.1) is 0 Å². The van der Waals surface area contributed by atoms with Crippen molar-refractivity contribution in [3.63, 3.8) is 0 Å². The third kappa shape index (κ3) is 4.47. The largest absolute Gasteiger partial charge is 0.388 e. The number of methoxy groups -OCH3 is 1. The van der Waals surface area contributed by atoms with E-state index in [1.165, 1.54) is 12.8 Å². The van der Waals surface area contributed by atoms with Gasteiger partial charge in [0.25, 0.3) is 0 Å². The molecule has 2 unspecified atom stereocenters. The maximum Gasteiger partial charge on any atom is 0.0867 e. The van der Waals surface area contributed by atoms with Crippen molar-refractivity contribution in [1.29, 1.82) is 0 Å². The Balaban J connectivity index is 2.36. The van der Waals surface area contributed by atoms with Crippen molar-refractivity contribution in [3.05, 3.63) is 0 Å². The molecule has 2 atom stereocenters. The summed E-state index contributed by atoms with van der Waals surface area (Å²) in [6, 6.07) is 0. The summed E-state index contributed by atoms with van der Waals surface area (Å²) in [4.78, 5) is 2.29. The molecule has 0 spiro atoms. The van der Waals surface area contributed by atoms with E-state index in [4.69, 9.17) is 10.5 Å². The van der Waals surface area contributed by atoms with E-state index in [1.807, 2.05) is 0 Å². The van der Waals surface area contributed by atoms with Gasteiger partial charge in [0.1, 0.15) is 0 Å². The Morgan fingerprint density at radius 2 is 2.33 bits per heavy atom. The lowest BCUT2D eigenvalue weighted by atomic mass is 9.97. The molecule has 90 valence electrons. The first kappa shape index (κ1) is 12.9. The van der Waals surface area contributed by atoms with Crippen LogP contribution in [0.5, 0.6) is 0 Å². The molecule has 15 heavy (non-hydrogen) atoms. The van der Waals surface area contributed by atoms with Gasteiger partial charge in [-0.2, -0.15) is 0 Å². The Bertz CT molecular complexity index is 183. The van der Waals surface area contributed by atoms with Crippen molar-refractivity contribution in [3.8, 4) is 0 Å². The number of nitrogens with two attached hydrogens (primary N) is 1. The molecule has 4 nitrogen and oxygen atoms in total. The van der Waals surface area contributed by atoms with Crippen LogP contribution in [0.3, 0.4) is 0 Å². The molecule has 0 radical (unpaired) electrons. The highest BCUT2D eigenvalue weighted by Crippen LogP contribution is 2.18. The molecule has 4 heteroatoms. The van der Waals surface area contributed by atoms with Gasteiger partial charge in [0.15, 0.2) is 0 Å². The number of β-amino-alcohol motifs (C(OH)–C–C–N with tert-alkyl or cyclic N) is 1. The van der Waals surface area contributed by atoms with Crippen LogP contribution in [0.15, 0.2) is 0 Å². The van der Waals surface area contributed by atoms with Gasteiger partial charge >= 0.3 is 0 Å². The van der Waals surface area contributed by atoms with E-state index in [9.17, 15) is 5.11 Å². The van der Waals surface area contributed by atoms with Crippen molar-refractivity contribution < 1.29 is 9.84 Å². The van der Waals surface area contributed by atoms with Gasteiger partial charge in [0.05, 0.1) is 12.2 Å². The molecule has 0 aliphatic carbocycles. The van der Waals surface area contributed by atoms with Crippen LogP contribution in [-0.2, 0) is 4.74 Å². The lowest BCUT2D eigenvalue weighted by Crippen LogP contribution is -2.49. The average molecular weight is 216 g/mol. The van der Waals surface area contributed by atoms with Crippen LogP contribution < -0.4 is 5.73 Å². The quantitative estimate of drug-likeness (QED) is 0.682. The van der Waals surface area contributed by atoms with Crippen LogP contribution in [0, 0.1) is 5.92 Å². The predicted octanol–water partition coefficient (Wildman–Crippen LogP) is 0.0545. The topological polar surface area (TPSA) is 58.7 Å². The monoisotopic (exact) mass is 216 g/mol. The molecule has 0 saturated carbocycles. The zero-order valence-electron chi connectivity index (χ0n) is 9.91. The predicted molar refractivity (Wildman–Crippen MR) is 60.7 cm³/mol. The van der Waals surface area contributed by atoms with Crippen LogP contribution in [0.25, 0.3) is 0 Å². The summed E-state index contributed by atoms with van der Waals surface area (Å²) in [6.45, 7) is 5.69. The number of nitrogens with zero attached hydrogens (tertiary/aromatic N) is 1. The second-order valence-corrected chi connectivity index (χ2v) is 4.90. The maximum atomic E-state index is 9.89. The van der Waals surface area contributed by atoms with Crippen molar-refractivity contribution in [1.82, 2.24) is 4.90 Å².